The van der Waals surface area contributed by atoms with Crippen LogP contribution in [0.5, 0.6) is 0 Å². The lowest BCUT2D eigenvalue weighted by Crippen LogP contribution is -2.33. The molecule has 0 saturated heterocycles. The zero-order chi connectivity index (χ0) is 13.1. The van der Waals surface area contributed by atoms with Gasteiger partial charge in [0.2, 0.25) is 5.91 Å². The molecule has 1 atom stereocenters. The molecule has 3 rings (SSSR count). The molecule has 0 spiro atoms. The number of thiophene rings is 1. The molecule has 0 fully saturated rings. The minimum Gasteiger partial charge on any atom is -0.351 e. The molecule has 2 aliphatic rings. The smallest absolute Gasteiger partial charge is 0.237 e. The highest BCUT2D eigenvalue weighted by molar-refractivity contribution is 8.00. The number of amides is 1. The minimum absolute atomic E-state index is 0.00249. The molecule has 2 aliphatic heterocycles. The van der Waals surface area contributed by atoms with Gasteiger partial charge in [0.25, 0.3) is 0 Å². The molecule has 1 aromatic rings. The Kier molecular flexibility index (Phi) is 4.25. The van der Waals surface area contributed by atoms with E-state index >= 15 is 0 Å². The van der Waals surface area contributed by atoms with Crippen molar-refractivity contribution in [3.63, 3.8) is 0 Å². The molecule has 0 radical (unpaired) electrons. The zero-order valence-corrected chi connectivity index (χ0v) is 12.4. The van der Waals surface area contributed by atoms with Crippen LogP contribution in [-0.4, -0.2) is 31.3 Å². The summed E-state index contributed by atoms with van der Waals surface area (Å²) < 4.78 is 0. The van der Waals surface area contributed by atoms with Gasteiger partial charge in [0.15, 0.2) is 0 Å². The topological polar surface area (TPSA) is 41.1 Å². The van der Waals surface area contributed by atoms with Gasteiger partial charge in [0.05, 0.1) is 0 Å². The molecule has 102 valence electrons. The van der Waals surface area contributed by atoms with Crippen LogP contribution in [0.2, 0.25) is 0 Å². The molecule has 3 nitrogen and oxygen atoms in total. The van der Waals surface area contributed by atoms with Gasteiger partial charge >= 0.3 is 0 Å². The van der Waals surface area contributed by atoms with Gasteiger partial charge in [-0.2, -0.15) is 0 Å². The molecular weight excluding hydrogens is 276 g/mol. The Labute approximate surface area is 121 Å². The van der Waals surface area contributed by atoms with Gasteiger partial charge in [-0.25, -0.2) is 0 Å². The van der Waals surface area contributed by atoms with Crippen LogP contribution < -0.4 is 10.6 Å². The summed E-state index contributed by atoms with van der Waals surface area (Å²) in [6, 6.07) is 2.11. The number of carbonyl (C=O) groups excluding carboxylic acids is 1. The Morgan fingerprint density at radius 3 is 3.26 bits per heavy atom. The molecular formula is C14H18N2OS2. The van der Waals surface area contributed by atoms with Crippen molar-refractivity contribution in [3.8, 4) is 0 Å². The summed E-state index contributed by atoms with van der Waals surface area (Å²) in [4.78, 5) is 13.7. The fourth-order valence-corrected chi connectivity index (χ4v) is 4.80. The van der Waals surface area contributed by atoms with Crippen molar-refractivity contribution in [1.29, 1.82) is 0 Å². The maximum atomic E-state index is 12.3. The fraction of sp³-hybridized carbons (Fsp3) is 0.500. The van der Waals surface area contributed by atoms with Crippen molar-refractivity contribution in [1.82, 2.24) is 10.6 Å². The number of hydrogen-bond acceptors (Lipinski definition) is 4. The summed E-state index contributed by atoms with van der Waals surface area (Å²) in [6.07, 6.45) is 4.34. The normalized spacial score (nSPS) is 22.5. The molecule has 0 aliphatic carbocycles. The summed E-state index contributed by atoms with van der Waals surface area (Å²) in [7, 11) is 0. The zero-order valence-electron chi connectivity index (χ0n) is 10.8. The van der Waals surface area contributed by atoms with Crippen molar-refractivity contribution in [2.45, 2.75) is 18.1 Å². The minimum atomic E-state index is -0.00249. The quantitative estimate of drug-likeness (QED) is 0.839. The molecule has 0 aromatic carbocycles. The van der Waals surface area contributed by atoms with Crippen molar-refractivity contribution < 1.29 is 4.79 Å². The maximum Gasteiger partial charge on any atom is 0.237 e. The van der Waals surface area contributed by atoms with Crippen LogP contribution in [0.25, 0.3) is 0 Å². The van der Waals surface area contributed by atoms with Gasteiger partial charge < -0.3 is 10.6 Å². The maximum absolute atomic E-state index is 12.3. The van der Waals surface area contributed by atoms with Crippen LogP contribution in [0.15, 0.2) is 23.1 Å². The molecule has 19 heavy (non-hydrogen) atoms. The molecule has 0 bridgehead atoms. The first-order chi connectivity index (χ1) is 9.34. The number of aryl methyl sites for hydroxylation is 1. The number of rotatable bonds is 3. The van der Waals surface area contributed by atoms with Gasteiger partial charge in [0, 0.05) is 18.0 Å². The highest BCUT2D eigenvalue weighted by atomic mass is 32.2. The third kappa shape index (κ3) is 3.04. The van der Waals surface area contributed by atoms with Crippen LogP contribution in [0.1, 0.15) is 22.1 Å². The third-order valence-corrected chi connectivity index (χ3v) is 5.80. The van der Waals surface area contributed by atoms with E-state index in [0.29, 0.717) is 6.54 Å². The Balaban J connectivity index is 1.61. The molecule has 5 heteroatoms. The van der Waals surface area contributed by atoms with Gasteiger partial charge in [-0.1, -0.05) is 11.6 Å². The van der Waals surface area contributed by atoms with Crippen molar-refractivity contribution in [3.05, 3.63) is 33.5 Å². The molecule has 2 N–H and O–H groups in total. The van der Waals surface area contributed by atoms with E-state index in [0.717, 1.165) is 31.7 Å². The largest absolute Gasteiger partial charge is 0.351 e. The first-order valence-electron chi connectivity index (χ1n) is 6.69. The number of carbonyl (C=O) groups is 1. The average molecular weight is 294 g/mol. The van der Waals surface area contributed by atoms with Crippen LogP contribution in [-0.2, 0) is 11.2 Å². The standard InChI is InChI=1S/C14H18N2OS2/c17-14(16-9-10-1-5-15-6-2-10)13-11-3-7-18-12(11)4-8-19-13/h1,3,7,13,15H,2,4-6,8-9H2,(H,16,17). The predicted molar refractivity (Wildman–Crippen MR) is 81.8 cm³/mol. The Morgan fingerprint density at radius 1 is 1.47 bits per heavy atom. The summed E-state index contributed by atoms with van der Waals surface area (Å²) in [5.41, 5.74) is 2.58. The summed E-state index contributed by atoms with van der Waals surface area (Å²) >= 11 is 3.55. The van der Waals surface area contributed by atoms with E-state index in [1.807, 2.05) is 0 Å². The molecule has 3 heterocycles. The van der Waals surface area contributed by atoms with Gasteiger partial charge in [0.1, 0.15) is 5.25 Å². The molecule has 1 unspecified atom stereocenters. The SMILES string of the molecule is O=C(NCC1=CCNCC1)C1SCCc2sccc21. The van der Waals surface area contributed by atoms with E-state index in [9.17, 15) is 4.79 Å². The fourth-order valence-electron chi connectivity index (χ4n) is 2.49. The number of nitrogens with one attached hydrogen (secondary N) is 2. The third-order valence-electron chi connectivity index (χ3n) is 3.56. The molecule has 1 aromatic heterocycles. The van der Waals surface area contributed by atoms with Gasteiger partial charge in [-0.15, -0.1) is 23.1 Å². The van der Waals surface area contributed by atoms with E-state index in [2.05, 4.69) is 28.2 Å². The lowest BCUT2D eigenvalue weighted by Gasteiger charge is -2.22. The highest BCUT2D eigenvalue weighted by Crippen LogP contribution is 2.39. The number of hydrogen-bond donors (Lipinski definition) is 2. The van der Waals surface area contributed by atoms with E-state index < -0.39 is 0 Å². The van der Waals surface area contributed by atoms with Crippen LogP contribution in [0, 0.1) is 0 Å². The lowest BCUT2D eigenvalue weighted by molar-refractivity contribution is -0.120. The van der Waals surface area contributed by atoms with Crippen molar-refractivity contribution in [2.75, 3.05) is 25.4 Å². The predicted octanol–water partition coefficient (Wildman–Crippen LogP) is 2.11. The summed E-state index contributed by atoms with van der Waals surface area (Å²) in [6.45, 7) is 2.66. The first-order valence-corrected chi connectivity index (χ1v) is 8.61. The Morgan fingerprint density at radius 2 is 2.42 bits per heavy atom. The second-order valence-corrected chi connectivity index (χ2v) is 7.05. The van der Waals surface area contributed by atoms with Crippen LogP contribution in [0.4, 0.5) is 0 Å². The second kappa shape index (κ2) is 6.11. The van der Waals surface area contributed by atoms with Crippen LogP contribution in [0.3, 0.4) is 0 Å². The van der Waals surface area contributed by atoms with Gasteiger partial charge in [-0.05, 0) is 42.1 Å². The first kappa shape index (κ1) is 13.2. The monoisotopic (exact) mass is 294 g/mol. The number of thioether (sulfide) groups is 1. The van der Waals surface area contributed by atoms with E-state index in [4.69, 9.17) is 0 Å². The number of fused-ring (bicyclic) bond motifs is 1. The van der Waals surface area contributed by atoms with Gasteiger partial charge in [-0.3, -0.25) is 4.79 Å². The van der Waals surface area contributed by atoms with Crippen molar-refractivity contribution >= 4 is 29.0 Å². The second-order valence-electron chi connectivity index (χ2n) is 4.83. The van der Waals surface area contributed by atoms with Crippen LogP contribution >= 0.6 is 23.1 Å². The Bertz CT molecular complexity index is 495. The van der Waals surface area contributed by atoms with E-state index in [1.54, 1.807) is 23.1 Å². The lowest BCUT2D eigenvalue weighted by atomic mass is 10.1. The van der Waals surface area contributed by atoms with E-state index in [1.165, 1.54) is 16.0 Å². The van der Waals surface area contributed by atoms with E-state index in [-0.39, 0.29) is 11.2 Å². The molecule has 1 amide bonds. The summed E-state index contributed by atoms with van der Waals surface area (Å²) in [5, 5.41) is 8.49. The summed E-state index contributed by atoms with van der Waals surface area (Å²) in [5.74, 6) is 1.22. The molecule has 0 saturated carbocycles. The average Bonchev–Trinajstić information content (AvgIpc) is 2.94. The highest BCUT2D eigenvalue weighted by Gasteiger charge is 2.27. The Hall–Kier alpha value is -0.780. The van der Waals surface area contributed by atoms with Crippen molar-refractivity contribution in [2.24, 2.45) is 0 Å².